The molecule has 110 valence electrons. The van der Waals surface area contributed by atoms with Crippen LogP contribution in [0.3, 0.4) is 0 Å². The summed E-state index contributed by atoms with van der Waals surface area (Å²) in [6.07, 6.45) is 2.88. The molecule has 0 aromatic carbocycles. The van der Waals surface area contributed by atoms with E-state index in [2.05, 4.69) is 0 Å². The van der Waals surface area contributed by atoms with Crippen molar-refractivity contribution < 1.29 is 14.7 Å². The molecule has 1 aromatic rings. The van der Waals surface area contributed by atoms with E-state index in [9.17, 15) is 9.59 Å². The standard InChI is InChI=1S/C15H21NO3S/c1-10(2)8-16(9-14(17)18)15(19)12-4-3-5-13-11(12)6-7-20-13/h6-7,10,12H,3-5,8-9H2,1-2H3,(H,17,18). The summed E-state index contributed by atoms with van der Waals surface area (Å²) in [7, 11) is 0. The topological polar surface area (TPSA) is 57.6 Å². The van der Waals surface area contributed by atoms with Gasteiger partial charge >= 0.3 is 5.97 Å². The Balaban J connectivity index is 2.18. The number of carboxylic acid groups (broad SMARTS) is 1. The van der Waals surface area contributed by atoms with E-state index in [1.165, 1.54) is 9.78 Å². The van der Waals surface area contributed by atoms with Gasteiger partial charge in [0.25, 0.3) is 0 Å². The number of nitrogens with zero attached hydrogens (tertiary/aromatic N) is 1. The Bertz CT molecular complexity index is 495. The molecule has 0 bridgehead atoms. The predicted molar refractivity (Wildman–Crippen MR) is 79.1 cm³/mol. The molecule has 0 aliphatic heterocycles. The predicted octanol–water partition coefficient (Wildman–Crippen LogP) is 2.74. The number of carbonyl (C=O) groups excluding carboxylic acids is 1. The molecular formula is C15H21NO3S. The number of thiophene rings is 1. The van der Waals surface area contributed by atoms with Gasteiger partial charge in [-0.3, -0.25) is 9.59 Å². The summed E-state index contributed by atoms with van der Waals surface area (Å²) in [5.41, 5.74) is 1.12. The highest BCUT2D eigenvalue weighted by Crippen LogP contribution is 2.36. The number of hydrogen-bond acceptors (Lipinski definition) is 3. The van der Waals surface area contributed by atoms with Crippen LogP contribution in [0.4, 0.5) is 0 Å². The SMILES string of the molecule is CC(C)CN(CC(=O)O)C(=O)C1CCCc2sccc21. The molecule has 1 aliphatic carbocycles. The van der Waals surface area contributed by atoms with E-state index < -0.39 is 5.97 Å². The van der Waals surface area contributed by atoms with E-state index in [4.69, 9.17) is 5.11 Å². The monoisotopic (exact) mass is 295 g/mol. The molecule has 1 heterocycles. The zero-order valence-electron chi connectivity index (χ0n) is 12.0. The molecule has 0 spiro atoms. The second-order valence-electron chi connectivity index (χ2n) is 5.75. The maximum Gasteiger partial charge on any atom is 0.323 e. The lowest BCUT2D eigenvalue weighted by Gasteiger charge is -2.29. The van der Waals surface area contributed by atoms with Gasteiger partial charge < -0.3 is 10.0 Å². The minimum atomic E-state index is -0.944. The molecular weight excluding hydrogens is 274 g/mol. The minimum Gasteiger partial charge on any atom is -0.480 e. The summed E-state index contributed by atoms with van der Waals surface area (Å²) in [5.74, 6) is -0.854. The van der Waals surface area contributed by atoms with Gasteiger partial charge in [-0.15, -0.1) is 11.3 Å². The van der Waals surface area contributed by atoms with E-state index in [0.29, 0.717) is 6.54 Å². The number of aryl methyl sites for hydroxylation is 1. The number of rotatable bonds is 5. The normalized spacial score (nSPS) is 17.9. The summed E-state index contributed by atoms with van der Waals surface area (Å²) in [6, 6.07) is 2.02. The zero-order valence-corrected chi connectivity index (χ0v) is 12.8. The lowest BCUT2D eigenvalue weighted by molar-refractivity contribution is -0.145. The first-order valence-corrected chi connectivity index (χ1v) is 7.94. The van der Waals surface area contributed by atoms with Crippen molar-refractivity contribution in [2.75, 3.05) is 13.1 Å². The first-order valence-electron chi connectivity index (χ1n) is 7.06. The van der Waals surface area contributed by atoms with E-state index in [-0.39, 0.29) is 24.3 Å². The van der Waals surface area contributed by atoms with Crippen LogP contribution in [0.5, 0.6) is 0 Å². The fourth-order valence-corrected chi connectivity index (χ4v) is 3.79. The van der Waals surface area contributed by atoms with Gasteiger partial charge in [-0.2, -0.15) is 0 Å². The third-order valence-corrected chi connectivity index (χ3v) is 4.57. The number of fused-ring (bicyclic) bond motifs is 1. The third-order valence-electron chi connectivity index (χ3n) is 3.57. The molecule has 1 atom stereocenters. The van der Waals surface area contributed by atoms with Crippen molar-refractivity contribution in [1.82, 2.24) is 4.90 Å². The summed E-state index contributed by atoms with van der Waals surface area (Å²) < 4.78 is 0. The Morgan fingerprint density at radius 2 is 2.25 bits per heavy atom. The fraction of sp³-hybridized carbons (Fsp3) is 0.600. The molecule has 4 nitrogen and oxygen atoms in total. The van der Waals surface area contributed by atoms with Crippen LogP contribution in [0, 0.1) is 5.92 Å². The maximum atomic E-state index is 12.7. The van der Waals surface area contributed by atoms with Gasteiger partial charge in [-0.25, -0.2) is 0 Å². The zero-order chi connectivity index (χ0) is 14.7. The molecule has 1 aromatic heterocycles. The van der Waals surface area contributed by atoms with Gasteiger partial charge in [0, 0.05) is 11.4 Å². The van der Waals surface area contributed by atoms with Gasteiger partial charge in [-0.1, -0.05) is 13.8 Å². The summed E-state index contributed by atoms with van der Waals surface area (Å²) in [4.78, 5) is 26.5. The van der Waals surface area contributed by atoms with E-state index in [1.807, 2.05) is 25.3 Å². The van der Waals surface area contributed by atoms with Crippen LogP contribution in [0.25, 0.3) is 0 Å². The van der Waals surface area contributed by atoms with Crippen LogP contribution in [-0.4, -0.2) is 35.0 Å². The van der Waals surface area contributed by atoms with Crippen LogP contribution < -0.4 is 0 Å². The molecule has 1 amide bonds. The smallest absolute Gasteiger partial charge is 0.323 e. The third kappa shape index (κ3) is 3.39. The second kappa shape index (κ2) is 6.39. The van der Waals surface area contributed by atoms with Gasteiger partial charge in [-0.05, 0) is 42.2 Å². The Morgan fingerprint density at radius 3 is 2.90 bits per heavy atom. The van der Waals surface area contributed by atoms with Gasteiger partial charge in [0.15, 0.2) is 0 Å². The van der Waals surface area contributed by atoms with Gasteiger partial charge in [0.1, 0.15) is 6.54 Å². The van der Waals surface area contributed by atoms with Crippen molar-refractivity contribution in [2.45, 2.75) is 39.0 Å². The van der Waals surface area contributed by atoms with Crippen molar-refractivity contribution >= 4 is 23.2 Å². The molecule has 5 heteroatoms. The molecule has 0 saturated carbocycles. The van der Waals surface area contributed by atoms with Crippen LogP contribution in [-0.2, 0) is 16.0 Å². The highest BCUT2D eigenvalue weighted by atomic mass is 32.1. The second-order valence-corrected chi connectivity index (χ2v) is 6.75. The van der Waals surface area contributed by atoms with Crippen molar-refractivity contribution in [1.29, 1.82) is 0 Å². The summed E-state index contributed by atoms with van der Waals surface area (Å²) in [6.45, 7) is 4.30. The fourth-order valence-electron chi connectivity index (χ4n) is 2.80. The number of hydrogen-bond donors (Lipinski definition) is 1. The lowest BCUT2D eigenvalue weighted by atomic mass is 9.86. The Labute approximate surface area is 123 Å². The van der Waals surface area contributed by atoms with Crippen LogP contribution >= 0.6 is 11.3 Å². The minimum absolute atomic E-state index is 0.0274. The number of carboxylic acids is 1. The number of carbonyl (C=O) groups is 2. The number of aliphatic carboxylic acids is 1. The first kappa shape index (κ1) is 15.0. The summed E-state index contributed by atoms with van der Waals surface area (Å²) in [5, 5.41) is 11.0. The summed E-state index contributed by atoms with van der Waals surface area (Å²) >= 11 is 1.70. The van der Waals surface area contributed by atoms with Crippen molar-refractivity contribution in [3.63, 3.8) is 0 Å². The van der Waals surface area contributed by atoms with Crippen molar-refractivity contribution in [3.8, 4) is 0 Å². The first-order chi connectivity index (χ1) is 9.49. The van der Waals surface area contributed by atoms with Gasteiger partial charge in [0.05, 0.1) is 5.92 Å². The lowest BCUT2D eigenvalue weighted by Crippen LogP contribution is -2.41. The number of amides is 1. The maximum absolute atomic E-state index is 12.7. The molecule has 2 rings (SSSR count). The average Bonchev–Trinajstić information content (AvgIpc) is 2.83. The Morgan fingerprint density at radius 1 is 1.50 bits per heavy atom. The van der Waals surface area contributed by atoms with Crippen molar-refractivity contribution in [3.05, 3.63) is 21.9 Å². The molecule has 1 N–H and O–H groups in total. The highest BCUT2D eigenvalue weighted by Gasteiger charge is 2.31. The molecule has 20 heavy (non-hydrogen) atoms. The largest absolute Gasteiger partial charge is 0.480 e. The Hall–Kier alpha value is -1.36. The average molecular weight is 295 g/mol. The Kier molecular flexibility index (Phi) is 4.81. The van der Waals surface area contributed by atoms with Crippen LogP contribution in [0.1, 0.15) is 43.0 Å². The highest BCUT2D eigenvalue weighted by molar-refractivity contribution is 7.10. The molecule has 1 aliphatic rings. The molecule has 0 fully saturated rings. The molecule has 0 radical (unpaired) electrons. The van der Waals surface area contributed by atoms with Crippen LogP contribution in [0.15, 0.2) is 11.4 Å². The quantitative estimate of drug-likeness (QED) is 0.908. The van der Waals surface area contributed by atoms with Crippen LogP contribution in [0.2, 0.25) is 0 Å². The van der Waals surface area contributed by atoms with E-state index in [0.717, 1.165) is 24.8 Å². The van der Waals surface area contributed by atoms with E-state index in [1.54, 1.807) is 11.3 Å². The molecule has 0 saturated heterocycles. The van der Waals surface area contributed by atoms with Crippen molar-refractivity contribution in [2.24, 2.45) is 5.92 Å². The van der Waals surface area contributed by atoms with Gasteiger partial charge in [0.2, 0.25) is 5.91 Å². The van der Waals surface area contributed by atoms with E-state index >= 15 is 0 Å². The molecule has 1 unspecified atom stereocenters.